The van der Waals surface area contributed by atoms with Crippen LogP contribution in [0.4, 0.5) is 0 Å². The molecule has 1 aromatic rings. The SMILES string of the molecule is CCCN(C(=O)CN1CCC(NC(=O)c2ccccc2)CC1)C1=CCCCC1. The molecule has 2 amide bonds. The molecule has 1 saturated heterocycles. The number of benzene rings is 1. The maximum Gasteiger partial charge on any atom is 0.251 e. The van der Waals surface area contributed by atoms with Crippen LogP contribution in [0.1, 0.15) is 62.2 Å². The number of amides is 2. The zero-order valence-electron chi connectivity index (χ0n) is 17.0. The number of likely N-dealkylation sites (tertiary alicyclic amines) is 1. The van der Waals surface area contributed by atoms with Gasteiger partial charge in [-0.25, -0.2) is 0 Å². The minimum atomic E-state index is -0.00603. The van der Waals surface area contributed by atoms with Gasteiger partial charge in [-0.15, -0.1) is 0 Å². The lowest BCUT2D eigenvalue weighted by Crippen LogP contribution is -2.48. The minimum Gasteiger partial charge on any atom is -0.349 e. The molecule has 0 unspecified atom stereocenters. The first-order valence-electron chi connectivity index (χ1n) is 10.7. The highest BCUT2D eigenvalue weighted by Gasteiger charge is 2.25. The van der Waals surface area contributed by atoms with E-state index in [1.807, 2.05) is 35.2 Å². The molecular weight excluding hydrogens is 350 g/mol. The molecule has 2 aliphatic rings. The van der Waals surface area contributed by atoms with Crippen molar-refractivity contribution in [1.82, 2.24) is 15.1 Å². The number of hydrogen-bond acceptors (Lipinski definition) is 3. The number of rotatable bonds is 7. The van der Waals surface area contributed by atoms with Gasteiger partial charge in [0, 0.05) is 36.9 Å². The Bertz CT molecular complexity index is 678. The van der Waals surface area contributed by atoms with E-state index in [1.165, 1.54) is 18.5 Å². The van der Waals surface area contributed by atoms with E-state index in [0.29, 0.717) is 12.1 Å². The molecule has 1 aliphatic heterocycles. The molecule has 1 fully saturated rings. The van der Waals surface area contributed by atoms with Crippen LogP contribution in [-0.2, 0) is 4.79 Å². The lowest BCUT2D eigenvalue weighted by atomic mass is 10.0. The van der Waals surface area contributed by atoms with Crippen LogP contribution in [0.5, 0.6) is 0 Å². The topological polar surface area (TPSA) is 52.7 Å². The Balaban J connectivity index is 1.47. The first-order valence-corrected chi connectivity index (χ1v) is 10.7. The molecule has 0 spiro atoms. The summed E-state index contributed by atoms with van der Waals surface area (Å²) in [6.07, 6.45) is 9.56. The number of nitrogens with one attached hydrogen (secondary N) is 1. The van der Waals surface area contributed by atoms with Gasteiger partial charge in [-0.2, -0.15) is 0 Å². The van der Waals surface area contributed by atoms with Crippen molar-refractivity contribution in [2.24, 2.45) is 0 Å². The first-order chi connectivity index (χ1) is 13.7. The van der Waals surface area contributed by atoms with Crippen molar-refractivity contribution in [3.63, 3.8) is 0 Å². The van der Waals surface area contributed by atoms with Crippen molar-refractivity contribution >= 4 is 11.8 Å². The fraction of sp³-hybridized carbons (Fsp3) is 0.565. The molecule has 3 rings (SSSR count). The highest BCUT2D eigenvalue weighted by Crippen LogP contribution is 2.22. The Labute approximate surface area is 168 Å². The highest BCUT2D eigenvalue weighted by molar-refractivity contribution is 5.94. The molecule has 152 valence electrons. The number of carbonyl (C=O) groups excluding carboxylic acids is 2. The van der Waals surface area contributed by atoms with Gasteiger partial charge in [-0.3, -0.25) is 14.5 Å². The molecule has 1 N–H and O–H groups in total. The number of carbonyl (C=O) groups is 2. The van der Waals surface area contributed by atoms with E-state index in [4.69, 9.17) is 0 Å². The van der Waals surface area contributed by atoms with Crippen LogP contribution < -0.4 is 5.32 Å². The van der Waals surface area contributed by atoms with Gasteiger partial charge in [0.15, 0.2) is 0 Å². The molecule has 0 aromatic heterocycles. The predicted octanol–water partition coefficient (Wildman–Crippen LogP) is 3.58. The fourth-order valence-electron chi connectivity index (χ4n) is 4.09. The summed E-state index contributed by atoms with van der Waals surface area (Å²) in [6, 6.07) is 9.54. The molecule has 0 saturated carbocycles. The lowest BCUT2D eigenvalue weighted by Gasteiger charge is -2.34. The van der Waals surface area contributed by atoms with Gasteiger partial charge in [0.05, 0.1) is 6.54 Å². The maximum atomic E-state index is 12.9. The number of piperidine rings is 1. The number of nitrogens with zero attached hydrogens (tertiary/aromatic N) is 2. The van der Waals surface area contributed by atoms with E-state index in [1.54, 1.807) is 0 Å². The second-order valence-corrected chi connectivity index (χ2v) is 7.88. The van der Waals surface area contributed by atoms with E-state index >= 15 is 0 Å². The van der Waals surface area contributed by atoms with E-state index in [9.17, 15) is 9.59 Å². The zero-order valence-corrected chi connectivity index (χ0v) is 17.0. The second kappa shape index (κ2) is 10.4. The molecule has 5 nitrogen and oxygen atoms in total. The monoisotopic (exact) mass is 383 g/mol. The summed E-state index contributed by atoms with van der Waals surface area (Å²) in [7, 11) is 0. The van der Waals surface area contributed by atoms with E-state index in [2.05, 4.69) is 23.2 Å². The van der Waals surface area contributed by atoms with E-state index in [-0.39, 0.29) is 17.9 Å². The third kappa shape index (κ3) is 5.68. The summed E-state index contributed by atoms with van der Waals surface area (Å²) in [5.74, 6) is 0.218. The van der Waals surface area contributed by atoms with Crippen LogP contribution in [0.2, 0.25) is 0 Å². The second-order valence-electron chi connectivity index (χ2n) is 7.88. The van der Waals surface area contributed by atoms with Crippen LogP contribution in [0.15, 0.2) is 42.1 Å². The van der Waals surface area contributed by atoms with E-state index < -0.39 is 0 Å². The Kier molecular flexibility index (Phi) is 7.66. The van der Waals surface area contributed by atoms with Gasteiger partial charge >= 0.3 is 0 Å². The molecule has 0 radical (unpaired) electrons. The third-order valence-corrected chi connectivity index (χ3v) is 5.68. The van der Waals surface area contributed by atoms with Crippen LogP contribution in [-0.4, -0.2) is 53.8 Å². The lowest BCUT2D eigenvalue weighted by molar-refractivity contribution is -0.131. The Morgan fingerprint density at radius 2 is 1.89 bits per heavy atom. The molecule has 0 bridgehead atoms. The van der Waals surface area contributed by atoms with Gasteiger partial charge < -0.3 is 10.2 Å². The first kappa shape index (κ1) is 20.6. The highest BCUT2D eigenvalue weighted by atomic mass is 16.2. The van der Waals surface area contributed by atoms with Crippen LogP contribution in [0.3, 0.4) is 0 Å². The molecule has 1 aliphatic carbocycles. The summed E-state index contributed by atoms with van der Waals surface area (Å²) in [4.78, 5) is 29.5. The minimum absolute atomic E-state index is 0.00603. The Morgan fingerprint density at radius 1 is 1.14 bits per heavy atom. The average molecular weight is 384 g/mol. The summed E-state index contributed by atoms with van der Waals surface area (Å²) in [6.45, 7) is 5.13. The van der Waals surface area contributed by atoms with Crippen molar-refractivity contribution in [1.29, 1.82) is 0 Å². The van der Waals surface area contributed by atoms with Crippen molar-refractivity contribution < 1.29 is 9.59 Å². The molecule has 28 heavy (non-hydrogen) atoms. The maximum absolute atomic E-state index is 12.9. The normalized spacial score (nSPS) is 18.4. The average Bonchev–Trinajstić information content (AvgIpc) is 2.74. The summed E-state index contributed by atoms with van der Waals surface area (Å²) < 4.78 is 0. The van der Waals surface area contributed by atoms with Crippen LogP contribution in [0, 0.1) is 0 Å². The number of hydrogen-bond donors (Lipinski definition) is 1. The van der Waals surface area contributed by atoms with Gasteiger partial charge in [-0.1, -0.05) is 31.2 Å². The van der Waals surface area contributed by atoms with Crippen molar-refractivity contribution in [2.75, 3.05) is 26.2 Å². The van der Waals surface area contributed by atoms with Crippen molar-refractivity contribution in [3.8, 4) is 0 Å². The molecule has 1 aromatic carbocycles. The van der Waals surface area contributed by atoms with Crippen LogP contribution in [0.25, 0.3) is 0 Å². The molecule has 5 heteroatoms. The summed E-state index contributed by atoms with van der Waals surface area (Å²) >= 11 is 0. The summed E-state index contributed by atoms with van der Waals surface area (Å²) in [5, 5.41) is 3.13. The van der Waals surface area contributed by atoms with Crippen LogP contribution >= 0.6 is 0 Å². The molecular formula is C23H33N3O2. The van der Waals surface area contributed by atoms with Gasteiger partial charge in [0.25, 0.3) is 5.91 Å². The third-order valence-electron chi connectivity index (χ3n) is 5.68. The smallest absolute Gasteiger partial charge is 0.251 e. The van der Waals surface area contributed by atoms with Gasteiger partial charge in [-0.05, 0) is 57.1 Å². The summed E-state index contributed by atoms with van der Waals surface area (Å²) in [5.41, 5.74) is 1.93. The van der Waals surface area contributed by atoms with E-state index in [0.717, 1.165) is 51.7 Å². The Morgan fingerprint density at radius 3 is 2.54 bits per heavy atom. The quantitative estimate of drug-likeness (QED) is 0.783. The predicted molar refractivity (Wildman–Crippen MR) is 112 cm³/mol. The molecule has 1 heterocycles. The Hall–Kier alpha value is -2.14. The van der Waals surface area contributed by atoms with Gasteiger partial charge in [0.2, 0.25) is 5.91 Å². The standard InChI is InChI=1S/C23H33N3O2/c1-2-15-26(21-11-7-4-8-12-21)22(27)18-25-16-13-20(14-17-25)24-23(28)19-9-5-3-6-10-19/h3,5-6,9-11,20H,2,4,7-8,12-18H2,1H3,(H,24,28). The molecule has 0 atom stereocenters. The number of allylic oxidation sites excluding steroid dienone is 2. The largest absolute Gasteiger partial charge is 0.349 e. The van der Waals surface area contributed by atoms with Crippen molar-refractivity contribution in [3.05, 3.63) is 47.7 Å². The van der Waals surface area contributed by atoms with Crippen molar-refractivity contribution in [2.45, 2.75) is 57.9 Å². The van der Waals surface area contributed by atoms with Gasteiger partial charge in [0.1, 0.15) is 0 Å². The zero-order chi connectivity index (χ0) is 19.8. The fourth-order valence-corrected chi connectivity index (χ4v) is 4.09.